The lowest BCUT2D eigenvalue weighted by molar-refractivity contribution is 0.221. The largest absolute Gasteiger partial charge is 0.508 e. The summed E-state index contributed by atoms with van der Waals surface area (Å²) in [6.07, 6.45) is 10.4. The zero-order chi connectivity index (χ0) is 28.2. The molecule has 2 aromatic heterocycles. The number of aryl methyl sites for hydroxylation is 2. The number of piperazine rings is 1. The molecule has 3 aromatic rings. The van der Waals surface area contributed by atoms with Gasteiger partial charge in [-0.2, -0.15) is 0 Å². The second-order valence-corrected chi connectivity index (χ2v) is 11.3. The molecule has 1 aliphatic carbocycles. The third-order valence-electron chi connectivity index (χ3n) is 7.58. The molecule has 39 heavy (non-hydrogen) atoms. The minimum absolute atomic E-state index is 0.322. The van der Waals surface area contributed by atoms with Gasteiger partial charge in [0.25, 0.3) is 0 Å². The summed E-state index contributed by atoms with van der Waals surface area (Å²) in [5.74, 6) is 1.46. The van der Waals surface area contributed by atoms with Crippen LogP contribution in [0.1, 0.15) is 65.1 Å². The first kappa shape index (κ1) is 30.9. The van der Waals surface area contributed by atoms with Crippen LogP contribution >= 0.6 is 0 Å². The van der Waals surface area contributed by atoms with E-state index in [0.29, 0.717) is 23.9 Å². The van der Waals surface area contributed by atoms with Crippen molar-refractivity contribution >= 4 is 16.9 Å². The molecular formula is C31H51N7O. The van der Waals surface area contributed by atoms with Gasteiger partial charge in [0.1, 0.15) is 17.1 Å². The Kier molecular flexibility index (Phi) is 12.5. The van der Waals surface area contributed by atoms with E-state index in [2.05, 4.69) is 78.4 Å². The van der Waals surface area contributed by atoms with Crippen LogP contribution in [-0.2, 0) is 13.5 Å². The summed E-state index contributed by atoms with van der Waals surface area (Å²) in [6.45, 7) is 8.84. The number of nitrogens with zero attached hydrogens (tertiary/aromatic N) is 4. The van der Waals surface area contributed by atoms with Gasteiger partial charge in [-0.3, -0.25) is 0 Å². The molecule has 1 saturated carbocycles. The number of benzene rings is 1. The molecule has 3 heterocycles. The molecule has 216 valence electrons. The molecule has 4 N–H and O–H groups in total. The Hall–Kier alpha value is -2.68. The molecule has 2 unspecified atom stereocenters. The van der Waals surface area contributed by atoms with Gasteiger partial charge >= 0.3 is 0 Å². The number of aromatic nitrogens is 3. The van der Waals surface area contributed by atoms with Gasteiger partial charge in [0.15, 0.2) is 5.65 Å². The van der Waals surface area contributed by atoms with Crippen LogP contribution in [0.5, 0.6) is 5.75 Å². The molecular weight excluding hydrogens is 486 g/mol. The Morgan fingerprint density at radius 3 is 2.23 bits per heavy atom. The maximum atomic E-state index is 8.63. The normalized spacial score (nSPS) is 22.9. The van der Waals surface area contributed by atoms with E-state index in [1.54, 1.807) is 24.3 Å². The first-order valence-corrected chi connectivity index (χ1v) is 14.7. The summed E-state index contributed by atoms with van der Waals surface area (Å²) in [6, 6.07) is 13.5. The average molecular weight is 538 g/mol. The Bertz CT molecular complexity index is 1090. The standard InChI is InChI=1S/C19H31N5.C6H14N2.C6H6O/c1-5-6-7-18-22-17-12-15(13-20-19(17)24(18)4)21-14-8-10-16(11-9-14)23(2)3;1-5-3-7-4-6(2)8-5;7-6-4-2-1-3-5-6/h12-14,16,21H,5-11H2,1-4H3;5-8H,3-4H2,1-2H3;1-5,7H. The third kappa shape index (κ3) is 10.1. The predicted molar refractivity (Wildman–Crippen MR) is 164 cm³/mol. The minimum Gasteiger partial charge on any atom is -0.508 e. The van der Waals surface area contributed by atoms with Crippen LogP contribution < -0.4 is 16.0 Å². The van der Waals surface area contributed by atoms with Crippen LogP contribution in [0.4, 0.5) is 5.69 Å². The van der Waals surface area contributed by atoms with E-state index in [1.165, 1.54) is 38.5 Å². The summed E-state index contributed by atoms with van der Waals surface area (Å²) in [7, 11) is 6.45. The number of phenolic OH excluding ortho intramolecular Hbond substituents is 1. The molecule has 5 rings (SSSR count). The van der Waals surface area contributed by atoms with Gasteiger partial charge in [-0.15, -0.1) is 0 Å². The number of anilines is 1. The van der Waals surface area contributed by atoms with Crippen molar-refractivity contribution < 1.29 is 5.11 Å². The number of para-hydroxylation sites is 1. The number of phenols is 1. The fourth-order valence-electron chi connectivity index (χ4n) is 5.28. The smallest absolute Gasteiger partial charge is 0.159 e. The van der Waals surface area contributed by atoms with Gasteiger partial charge in [0, 0.05) is 50.7 Å². The van der Waals surface area contributed by atoms with E-state index in [4.69, 9.17) is 10.1 Å². The Morgan fingerprint density at radius 1 is 1.05 bits per heavy atom. The topological polar surface area (TPSA) is 90.3 Å². The summed E-state index contributed by atoms with van der Waals surface area (Å²) in [5.41, 5.74) is 3.11. The van der Waals surface area contributed by atoms with E-state index >= 15 is 0 Å². The lowest BCUT2D eigenvalue weighted by Gasteiger charge is -2.33. The molecule has 8 heteroatoms. The molecule has 0 bridgehead atoms. The molecule has 0 amide bonds. The zero-order valence-corrected chi connectivity index (χ0v) is 25.0. The Labute approximate surface area is 235 Å². The highest BCUT2D eigenvalue weighted by molar-refractivity contribution is 5.75. The van der Waals surface area contributed by atoms with E-state index < -0.39 is 0 Å². The van der Waals surface area contributed by atoms with Crippen LogP contribution in [-0.4, -0.2) is 75.9 Å². The lowest BCUT2D eigenvalue weighted by atomic mass is 9.90. The van der Waals surface area contributed by atoms with Crippen molar-refractivity contribution in [3.8, 4) is 5.75 Å². The molecule has 1 saturated heterocycles. The summed E-state index contributed by atoms with van der Waals surface area (Å²) in [4.78, 5) is 11.8. The molecule has 2 fully saturated rings. The first-order chi connectivity index (χ1) is 18.8. The number of hydrogen-bond donors (Lipinski definition) is 4. The van der Waals surface area contributed by atoms with Crippen LogP contribution in [0.15, 0.2) is 42.6 Å². The van der Waals surface area contributed by atoms with Gasteiger partial charge in [0.2, 0.25) is 0 Å². The molecule has 1 aromatic carbocycles. The summed E-state index contributed by atoms with van der Waals surface area (Å²) < 4.78 is 2.14. The number of pyridine rings is 1. The first-order valence-electron chi connectivity index (χ1n) is 14.7. The fraction of sp³-hybridized carbons (Fsp3) is 0.613. The van der Waals surface area contributed by atoms with Crippen LogP contribution in [0.25, 0.3) is 11.2 Å². The summed E-state index contributed by atoms with van der Waals surface area (Å²) >= 11 is 0. The van der Waals surface area contributed by atoms with E-state index in [9.17, 15) is 0 Å². The third-order valence-corrected chi connectivity index (χ3v) is 7.58. The number of fused-ring (bicyclic) bond motifs is 1. The molecule has 2 atom stereocenters. The van der Waals surface area contributed by atoms with Gasteiger partial charge in [-0.05, 0) is 78.2 Å². The van der Waals surface area contributed by atoms with Crippen LogP contribution in [0.2, 0.25) is 0 Å². The van der Waals surface area contributed by atoms with Crippen molar-refractivity contribution in [3.05, 3.63) is 48.4 Å². The monoisotopic (exact) mass is 537 g/mol. The highest BCUT2D eigenvalue weighted by Crippen LogP contribution is 2.25. The number of rotatable bonds is 6. The van der Waals surface area contributed by atoms with Gasteiger partial charge in [-0.1, -0.05) is 31.5 Å². The van der Waals surface area contributed by atoms with Gasteiger partial charge < -0.3 is 30.5 Å². The Morgan fingerprint density at radius 2 is 1.72 bits per heavy atom. The molecule has 2 aliphatic rings. The van der Waals surface area contributed by atoms with Gasteiger partial charge in [0.05, 0.1) is 11.9 Å². The maximum Gasteiger partial charge on any atom is 0.159 e. The number of nitrogens with one attached hydrogen (secondary N) is 3. The highest BCUT2D eigenvalue weighted by Gasteiger charge is 2.22. The van der Waals surface area contributed by atoms with Crippen molar-refractivity contribution in [3.63, 3.8) is 0 Å². The number of unbranched alkanes of at least 4 members (excludes halogenated alkanes) is 1. The Balaban J connectivity index is 0.000000227. The van der Waals surface area contributed by atoms with Crippen molar-refractivity contribution in [2.75, 3.05) is 32.5 Å². The predicted octanol–water partition coefficient (Wildman–Crippen LogP) is 4.94. The van der Waals surface area contributed by atoms with Crippen molar-refractivity contribution in [1.29, 1.82) is 0 Å². The maximum absolute atomic E-state index is 8.63. The highest BCUT2D eigenvalue weighted by atomic mass is 16.3. The van der Waals surface area contributed by atoms with E-state index in [-0.39, 0.29) is 0 Å². The van der Waals surface area contributed by atoms with Crippen LogP contribution in [0.3, 0.4) is 0 Å². The second-order valence-electron chi connectivity index (χ2n) is 11.3. The van der Waals surface area contributed by atoms with Crippen molar-refractivity contribution in [2.45, 2.75) is 89.9 Å². The zero-order valence-electron chi connectivity index (χ0n) is 25.0. The molecule has 0 radical (unpaired) electrons. The van der Waals surface area contributed by atoms with Crippen molar-refractivity contribution in [1.82, 2.24) is 30.1 Å². The van der Waals surface area contributed by atoms with Crippen LogP contribution in [0, 0.1) is 0 Å². The SMILES string of the molecule is CC1CNCC(C)N1.CCCCc1nc2cc(NC3CCC(N(C)C)CC3)cnc2n1C.Oc1ccccc1. The number of aromatic hydroxyl groups is 1. The summed E-state index contributed by atoms with van der Waals surface area (Å²) in [5, 5.41) is 19.0. The van der Waals surface area contributed by atoms with E-state index in [0.717, 1.165) is 48.2 Å². The average Bonchev–Trinajstić information content (AvgIpc) is 3.23. The van der Waals surface area contributed by atoms with Crippen molar-refractivity contribution in [2.24, 2.45) is 7.05 Å². The number of hydrogen-bond acceptors (Lipinski definition) is 7. The fourth-order valence-corrected chi connectivity index (χ4v) is 5.28. The minimum atomic E-state index is 0.322. The quantitative estimate of drug-likeness (QED) is 0.354. The van der Waals surface area contributed by atoms with E-state index in [1.807, 2.05) is 12.3 Å². The lowest BCUT2D eigenvalue weighted by Crippen LogP contribution is -2.52. The van der Waals surface area contributed by atoms with Gasteiger partial charge in [-0.25, -0.2) is 9.97 Å². The molecule has 8 nitrogen and oxygen atoms in total. The molecule has 1 aliphatic heterocycles. The number of imidazole rings is 1. The molecule has 0 spiro atoms. The second kappa shape index (κ2) is 15.8.